The van der Waals surface area contributed by atoms with Crippen LogP contribution in [-0.2, 0) is 0 Å². The zero-order chi connectivity index (χ0) is 13.1. The van der Waals surface area contributed by atoms with Gasteiger partial charge in [-0.3, -0.25) is 0 Å². The molecular formula is C15H23NO2. The van der Waals surface area contributed by atoms with Crippen LogP contribution in [0, 0.1) is 6.92 Å². The van der Waals surface area contributed by atoms with Gasteiger partial charge in [-0.1, -0.05) is 26.0 Å². The van der Waals surface area contributed by atoms with Crippen LogP contribution in [0.2, 0.25) is 0 Å². The lowest BCUT2D eigenvalue weighted by atomic mass is 9.97. The first-order chi connectivity index (χ1) is 8.59. The van der Waals surface area contributed by atoms with E-state index in [2.05, 4.69) is 32.2 Å². The Morgan fingerprint density at radius 2 is 2.17 bits per heavy atom. The van der Waals surface area contributed by atoms with Gasteiger partial charge >= 0.3 is 0 Å². The van der Waals surface area contributed by atoms with Gasteiger partial charge in [0.2, 0.25) is 0 Å². The van der Waals surface area contributed by atoms with Crippen LogP contribution in [0.25, 0.3) is 0 Å². The van der Waals surface area contributed by atoms with E-state index in [-0.39, 0.29) is 6.10 Å². The summed E-state index contributed by atoms with van der Waals surface area (Å²) in [7, 11) is 0. The minimum absolute atomic E-state index is 0.0904. The molecule has 1 aliphatic rings. The summed E-state index contributed by atoms with van der Waals surface area (Å²) in [6.07, 6.45) is 0.347. The number of ether oxygens (including phenoxy) is 1. The number of hydrogen-bond donors (Lipinski definition) is 2. The first-order valence-corrected chi connectivity index (χ1v) is 6.74. The number of aliphatic hydroxyl groups is 1. The van der Waals surface area contributed by atoms with Gasteiger partial charge < -0.3 is 15.2 Å². The second-order valence-electron chi connectivity index (χ2n) is 5.34. The standard InChI is InChI=1S/C15H23NO2/c1-10(2)12-5-4-6-14(11(12)3)18-15-7-8-16-9-13(15)17/h4-6,10,13,15-17H,7-9H2,1-3H3. The van der Waals surface area contributed by atoms with Gasteiger partial charge in [0.05, 0.1) is 0 Å². The number of piperidine rings is 1. The van der Waals surface area contributed by atoms with E-state index in [0.29, 0.717) is 12.5 Å². The summed E-state index contributed by atoms with van der Waals surface area (Å²) >= 11 is 0. The molecule has 1 aromatic rings. The molecule has 2 atom stereocenters. The molecule has 3 nitrogen and oxygen atoms in total. The molecule has 1 aliphatic heterocycles. The molecule has 0 radical (unpaired) electrons. The van der Waals surface area contributed by atoms with E-state index in [1.54, 1.807) is 0 Å². The molecule has 0 amide bonds. The fraction of sp³-hybridized carbons (Fsp3) is 0.600. The molecule has 1 saturated heterocycles. The first kappa shape index (κ1) is 13.4. The summed E-state index contributed by atoms with van der Waals surface area (Å²) in [5.41, 5.74) is 2.51. The Morgan fingerprint density at radius 1 is 1.39 bits per heavy atom. The Hall–Kier alpha value is -1.06. The highest BCUT2D eigenvalue weighted by atomic mass is 16.5. The molecule has 2 rings (SSSR count). The lowest BCUT2D eigenvalue weighted by Crippen LogP contribution is -2.46. The maximum atomic E-state index is 9.91. The monoisotopic (exact) mass is 249 g/mol. The Morgan fingerprint density at radius 3 is 2.83 bits per heavy atom. The molecule has 0 saturated carbocycles. The summed E-state index contributed by atoms with van der Waals surface area (Å²) in [5, 5.41) is 13.1. The molecular weight excluding hydrogens is 226 g/mol. The SMILES string of the molecule is Cc1c(OC2CCNCC2O)cccc1C(C)C. The number of rotatable bonds is 3. The van der Waals surface area contributed by atoms with E-state index in [1.807, 2.05) is 12.1 Å². The van der Waals surface area contributed by atoms with Crippen molar-refractivity contribution in [2.75, 3.05) is 13.1 Å². The maximum absolute atomic E-state index is 9.91. The summed E-state index contributed by atoms with van der Waals surface area (Å²) in [6, 6.07) is 6.17. The molecule has 0 bridgehead atoms. The first-order valence-electron chi connectivity index (χ1n) is 6.74. The second kappa shape index (κ2) is 5.72. The van der Waals surface area contributed by atoms with Crippen LogP contribution in [0.5, 0.6) is 5.75 Å². The zero-order valence-electron chi connectivity index (χ0n) is 11.4. The van der Waals surface area contributed by atoms with Crippen molar-refractivity contribution in [2.45, 2.75) is 45.3 Å². The Labute approximate surface area is 109 Å². The highest BCUT2D eigenvalue weighted by Gasteiger charge is 2.25. The van der Waals surface area contributed by atoms with Gasteiger partial charge in [0.15, 0.2) is 0 Å². The van der Waals surface area contributed by atoms with Crippen LogP contribution in [0.1, 0.15) is 37.3 Å². The molecule has 18 heavy (non-hydrogen) atoms. The number of nitrogens with one attached hydrogen (secondary N) is 1. The third-order valence-corrected chi connectivity index (χ3v) is 3.61. The molecule has 1 heterocycles. The van der Waals surface area contributed by atoms with Gasteiger partial charge in [-0.05, 0) is 43.0 Å². The minimum Gasteiger partial charge on any atom is -0.487 e. The number of aliphatic hydroxyl groups excluding tert-OH is 1. The minimum atomic E-state index is -0.416. The van der Waals surface area contributed by atoms with E-state index in [9.17, 15) is 5.11 Å². The molecule has 2 unspecified atom stereocenters. The maximum Gasteiger partial charge on any atom is 0.127 e. The van der Waals surface area contributed by atoms with Crippen LogP contribution < -0.4 is 10.1 Å². The molecule has 0 aromatic heterocycles. The fourth-order valence-electron chi connectivity index (χ4n) is 2.50. The van der Waals surface area contributed by atoms with E-state index in [4.69, 9.17) is 4.74 Å². The highest BCUT2D eigenvalue weighted by molar-refractivity contribution is 5.40. The van der Waals surface area contributed by atoms with Crippen molar-refractivity contribution >= 4 is 0 Å². The fourth-order valence-corrected chi connectivity index (χ4v) is 2.50. The average molecular weight is 249 g/mol. The van der Waals surface area contributed by atoms with Gasteiger partial charge in [0, 0.05) is 6.54 Å². The molecule has 1 fully saturated rings. The van der Waals surface area contributed by atoms with Crippen molar-refractivity contribution in [3.8, 4) is 5.75 Å². The summed E-state index contributed by atoms with van der Waals surface area (Å²) in [4.78, 5) is 0. The smallest absolute Gasteiger partial charge is 0.127 e. The van der Waals surface area contributed by atoms with Crippen LogP contribution in [0.3, 0.4) is 0 Å². The van der Waals surface area contributed by atoms with Gasteiger partial charge in [-0.15, -0.1) is 0 Å². The van der Waals surface area contributed by atoms with Crippen molar-refractivity contribution in [3.05, 3.63) is 29.3 Å². The van der Waals surface area contributed by atoms with E-state index >= 15 is 0 Å². The van der Waals surface area contributed by atoms with Crippen LogP contribution in [-0.4, -0.2) is 30.4 Å². The predicted molar refractivity (Wildman–Crippen MR) is 73.2 cm³/mol. The summed E-state index contributed by atoms with van der Waals surface area (Å²) < 4.78 is 6.00. The molecule has 1 aromatic carbocycles. The number of hydrogen-bond acceptors (Lipinski definition) is 3. The third-order valence-electron chi connectivity index (χ3n) is 3.61. The van der Waals surface area contributed by atoms with Crippen molar-refractivity contribution in [1.82, 2.24) is 5.32 Å². The average Bonchev–Trinajstić information content (AvgIpc) is 2.34. The molecule has 3 heteroatoms. The normalized spacial score (nSPS) is 24.3. The lowest BCUT2D eigenvalue weighted by molar-refractivity contribution is 0.0158. The molecule has 0 spiro atoms. The van der Waals surface area contributed by atoms with Crippen LogP contribution in [0.15, 0.2) is 18.2 Å². The van der Waals surface area contributed by atoms with Crippen molar-refractivity contribution in [1.29, 1.82) is 0 Å². The van der Waals surface area contributed by atoms with Gasteiger partial charge in [-0.2, -0.15) is 0 Å². The van der Waals surface area contributed by atoms with Gasteiger partial charge in [-0.25, -0.2) is 0 Å². The molecule has 100 valence electrons. The van der Waals surface area contributed by atoms with E-state index in [1.165, 1.54) is 11.1 Å². The van der Waals surface area contributed by atoms with Gasteiger partial charge in [0.1, 0.15) is 18.0 Å². The van der Waals surface area contributed by atoms with E-state index in [0.717, 1.165) is 18.7 Å². The van der Waals surface area contributed by atoms with Crippen LogP contribution in [0.4, 0.5) is 0 Å². The van der Waals surface area contributed by atoms with Crippen LogP contribution >= 0.6 is 0 Å². The Kier molecular flexibility index (Phi) is 4.25. The third kappa shape index (κ3) is 2.85. The second-order valence-corrected chi connectivity index (χ2v) is 5.34. The molecule has 2 N–H and O–H groups in total. The topological polar surface area (TPSA) is 41.5 Å². The summed E-state index contributed by atoms with van der Waals surface area (Å²) in [5.74, 6) is 1.40. The number of β-amino-alcohol motifs (C(OH)–C–C–N with tert-alkyl or cyclic N) is 1. The Balaban J connectivity index is 2.16. The predicted octanol–water partition coefficient (Wildman–Crippen LogP) is 2.22. The van der Waals surface area contributed by atoms with Crippen molar-refractivity contribution in [2.24, 2.45) is 0 Å². The van der Waals surface area contributed by atoms with Crippen molar-refractivity contribution in [3.63, 3.8) is 0 Å². The Bertz CT molecular complexity index is 403. The highest BCUT2D eigenvalue weighted by Crippen LogP contribution is 2.28. The zero-order valence-corrected chi connectivity index (χ0v) is 11.4. The number of benzene rings is 1. The largest absolute Gasteiger partial charge is 0.487 e. The molecule has 0 aliphatic carbocycles. The lowest BCUT2D eigenvalue weighted by Gasteiger charge is -2.30. The van der Waals surface area contributed by atoms with E-state index < -0.39 is 6.10 Å². The summed E-state index contributed by atoms with van der Waals surface area (Å²) in [6.45, 7) is 7.99. The van der Waals surface area contributed by atoms with Gasteiger partial charge in [0.25, 0.3) is 0 Å². The quantitative estimate of drug-likeness (QED) is 0.863. The van der Waals surface area contributed by atoms with Crippen molar-refractivity contribution < 1.29 is 9.84 Å².